The molecule has 0 aliphatic carbocycles. The molecule has 0 radical (unpaired) electrons. The lowest BCUT2D eigenvalue weighted by Crippen LogP contribution is -2.08. The van der Waals surface area contributed by atoms with Crippen LogP contribution in [0.1, 0.15) is 5.69 Å². The molecule has 0 aliphatic heterocycles. The van der Waals surface area contributed by atoms with Gasteiger partial charge in [-0.1, -0.05) is 0 Å². The van der Waals surface area contributed by atoms with Gasteiger partial charge in [-0.3, -0.25) is 4.98 Å². The molecule has 2 rings (SSSR count). The summed E-state index contributed by atoms with van der Waals surface area (Å²) in [5.74, 6) is -0.875. The number of ether oxygens (including phenoxy) is 1. The van der Waals surface area contributed by atoms with E-state index in [4.69, 9.17) is 0 Å². The summed E-state index contributed by atoms with van der Waals surface area (Å²) >= 11 is 0. The Labute approximate surface area is 93.1 Å². The average Bonchev–Trinajstić information content (AvgIpc) is 2.26. The third kappa shape index (κ3) is 2.13. The first-order valence-corrected chi connectivity index (χ1v) is 4.49. The van der Waals surface area contributed by atoms with Crippen LogP contribution in [0.25, 0.3) is 11.0 Å². The number of aromatic nitrogens is 2. The molecule has 0 fully saturated rings. The van der Waals surface area contributed by atoms with Gasteiger partial charge in [-0.2, -0.15) is 13.2 Å². The molecular formula is C10H6F4N2O. The number of halogens is 4. The van der Waals surface area contributed by atoms with E-state index in [1.807, 2.05) is 0 Å². The summed E-state index contributed by atoms with van der Waals surface area (Å²) in [7, 11) is 1.21. The van der Waals surface area contributed by atoms with Crippen molar-refractivity contribution in [3.05, 3.63) is 29.8 Å². The minimum absolute atomic E-state index is 0.0382. The Morgan fingerprint density at radius 3 is 2.47 bits per heavy atom. The fraction of sp³-hybridized carbons (Fsp3) is 0.200. The first kappa shape index (κ1) is 11.6. The molecule has 3 nitrogen and oxygen atoms in total. The van der Waals surface area contributed by atoms with Crippen molar-refractivity contribution in [1.29, 1.82) is 0 Å². The summed E-state index contributed by atoms with van der Waals surface area (Å²) in [6.45, 7) is 0. The molecule has 0 saturated carbocycles. The lowest BCUT2D eigenvalue weighted by atomic mass is 10.2. The van der Waals surface area contributed by atoms with Gasteiger partial charge in [0.2, 0.25) is 0 Å². The predicted octanol–water partition coefficient (Wildman–Crippen LogP) is 2.80. The Morgan fingerprint density at radius 2 is 1.88 bits per heavy atom. The van der Waals surface area contributed by atoms with Crippen molar-refractivity contribution in [2.45, 2.75) is 6.18 Å². The fourth-order valence-corrected chi connectivity index (χ4v) is 1.31. The van der Waals surface area contributed by atoms with Gasteiger partial charge in [-0.15, -0.1) is 0 Å². The molecule has 0 saturated heterocycles. The van der Waals surface area contributed by atoms with Gasteiger partial charge in [-0.05, 0) is 0 Å². The molecule has 2 aromatic rings. The topological polar surface area (TPSA) is 35.0 Å². The fourth-order valence-electron chi connectivity index (χ4n) is 1.31. The van der Waals surface area contributed by atoms with Gasteiger partial charge in [0.1, 0.15) is 0 Å². The minimum Gasteiger partial charge on any atom is -0.494 e. The first-order chi connectivity index (χ1) is 7.91. The van der Waals surface area contributed by atoms with Crippen LogP contribution < -0.4 is 4.74 Å². The number of rotatable bonds is 1. The molecule has 1 aromatic heterocycles. The van der Waals surface area contributed by atoms with E-state index in [9.17, 15) is 17.6 Å². The molecular weight excluding hydrogens is 240 g/mol. The quantitative estimate of drug-likeness (QED) is 0.726. The van der Waals surface area contributed by atoms with Crippen LogP contribution in [0.2, 0.25) is 0 Å². The number of methoxy groups -OCH3 is 1. The standard InChI is InChI=1S/C10H6F4N2O/c1-17-8-3-7-6(2-5(8)11)15-4-9(16-7)10(12,13)14/h2-4H,1H3. The zero-order valence-corrected chi connectivity index (χ0v) is 8.55. The lowest BCUT2D eigenvalue weighted by molar-refractivity contribution is -0.141. The molecule has 17 heavy (non-hydrogen) atoms. The van der Waals surface area contributed by atoms with E-state index < -0.39 is 17.7 Å². The molecule has 0 atom stereocenters. The van der Waals surface area contributed by atoms with E-state index in [-0.39, 0.29) is 16.8 Å². The maximum Gasteiger partial charge on any atom is 0.434 e. The maximum absolute atomic E-state index is 13.2. The van der Waals surface area contributed by atoms with E-state index in [0.29, 0.717) is 6.20 Å². The van der Waals surface area contributed by atoms with Crippen LogP contribution in [0.15, 0.2) is 18.3 Å². The van der Waals surface area contributed by atoms with Crippen LogP contribution in [0, 0.1) is 5.82 Å². The van der Waals surface area contributed by atoms with Crippen molar-refractivity contribution in [2.75, 3.05) is 7.11 Å². The molecule has 0 bridgehead atoms. The normalized spacial score (nSPS) is 11.8. The summed E-state index contributed by atoms with van der Waals surface area (Å²) in [6, 6.07) is 2.05. The van der Waals surface area contributed by atoms with E-state index in [1.165, 1.54) is 7.11 Å². The third-order valence-electron chi connectivity index (χ3n) is 2.11. The molecule has 0 spiro atoms. The van der Waals surface area contributed by atoms with Crippen molar-refractivity contribution < 1.29 is 22.3 Å². The highest BCUT2D eigenvalue weighted by Crippen LogP contribution is 2.29. The van der Waals surface area contributed by atoms with E-state index in [2.05, 4.69) is 14.7 Å². The van der Waals surface area contributed by atoms with Crippen molar-refractivity contribution in [1.82, 2.24) is 9.97 Å². The Balaban J connectivity index is 2.65. The highest BCUT2D eigenvalue weighted by Gasteiger charge is 2.33. The highest BCUT2D eigenvalue weighted by molar-refractivity contribution is 5.76. The summed E-state index contributed by atoms with van der Waals surface area (Å²) in [5, 5.41) is 0. The van der Waals surface area contributed by atoms with E-state index >= 15 is 0 Å². The predicted molar refractivity (Wildman–Crippen MR) is 51.1 cm³/mol. The summed E-state index contributed by atoms with van der Waals surface area (Å²) in [4.78, 5) is 6.87. The molecule has 0 N–H and O–H groups in total. The van der Waals surface area contributed by atoms with Gasteiger partial charge < -0.3 is 4.74 Å². The maximum atomic E-state index is 13.2. The van der Waals surface area contributed by atoms with Crippen molar-refractivity contribution >= 4 is 11.0 Å². The van der Waals surface area contributed by atoms with Crippen LogP contribution in [0.3, 0.4) is 0 Å². The van der Waals surface area contributed by atoms with Gasteiger partial charge in [0.25, 0.3) is 0 Å². The Kier molecular flexibility index (Phi) is 2.60. The summed E-state index contributed by atoms with van der Waals surface area (Å²) < 4.78 is 55.0. The van der Waals surface area contributed by atoms with Crippen LogP contribution in [0.4, 0.5) is 17.6 Å². The van der Waals surface area contributed by atoms with Crippen LogP contribution in [0.5, 0.6) is 5.75 Å². The van der Waals surface area contributed by atoms with Crippen molar-refractivity contribution in [3.8, 4) is 5.75 Å². The van der Waals surface area contributed by atoms with Gasteiger partial charge >= 0.3 is 6.18 Å². The molecule has 1 aromatic carbocycles. The van der Waals surface area contributed by atoms with Gasteiger partial charge in [0.05, 0.1) is 24.3 Å². The monoisotopic (exact) mass is 246 g/mol. The molecule has 0 unspecified atom stereocenters. The first-order valence-electron chi connectivity index (χ1n) is 4.49. The number of fused-ring (bicyclic) bond motifs is 1. The number of nitrogens with zero attached hydrogens (tertiary/aromatic N) is 2. The van der Waals surface area contributed by atoms with Crippen LogP contribution >= 0.6 is 0 Å². The van der Waals surface area contributed by atoms with Gasteiger partial charge in [0.15, 0.2) is 17.3 Å². The number of hydrogen-bond acceptors (Lipinski definition) is 3. The average molecular weight is 246 g/mol. The second kappa shape index (κ2) is 3.83. The zero-order valence-electron chi connectivity index (χ0n) is 8.55. The van der Waals surface area contributed by atoms with Gasteiger partial charge in [0, 0.05) is 12.1 Å². The van der Waals surface area contributed by atoms with E-state index in [0.717, 1.165) is 12.1 Å². The smallest absolute Gasteiger partial charge is 0.434 e. The van der Waals surface area contributed by atoms with Crippen LogP contribution in [-0.2, 0) is 6.18 Å². The number of alkyl halides is 3. The zero-order chi connectivity index (χ0) is 12.6. The SMILES string of the molecule is COc1cc2nc(C(F)(F)F)cnc2cc1F. The number of hydrogen-bond donors (Lipinski definition) is 0. The molecule has 7 heteroatoms. The second-order valence-corrected chi connectivity index (χ2v) is 3.23. The molecule has 1 heterocycles. The molecule has 90 valence electrons. The molecule has 0 amide bonds. The number of benzene rings is 1. The van der Waals surface area contributed by atoms with E-state index in [1.54, 1.807) is 0 Å². The molecule has 0 aliphatic rings. The lowest BCUT2D eigenvalue weighted by Gasteiger charge is -2.07. The summed E-state index contributed by atoms with van der Waals surface area (Å²) in [6.07, 6.45) is -4.02. The Morgan fingerprint density at radius 1 is 1.18 bits per heavy atom. The largest absolute Gasteiger partial charge is 0.494 e. The summed E-state index contributed by atoms with van der Waals surface area (Å²) in [5.41, 5.74) is -1.16. The van der Waals surface area contributed by atoms with Crippen molar-refractivity contribution in [2.24, 2.45) is 0 Å². The van der Waals surface area contributed by atoms with Crippen LogP contribution in [-0.4, -0.2) is 17.1 Å². The second-order valence-electron chi connectivity index (χ2n) is 3.23. The Bertz CT molecular complexity index is 568. The highest BCUT2D eigenvalue weighted by atomic mass is 19.4. The van der Waals surface area contributed by atoms with Crippen molar-refractivity contribution in [3.63, 3.8) is 0 Å². The Hall–Kier alpha value is -1.92. The minimum atomic E-state index is -4.58. The third-order valence-corrected chi connectivity index (χ3v) is 2.11. The van der Waals surface area contributed by atoms with Gasteiger partial charge in [-0.25, -0.2) is 9.37 Å².